The number of likely N-dealkylation sites (tertiary alicyclic amines) is 1. The minimum absolute atomic E-state index is 0.0605. The van der Waals surface area contributed by atoms with Gasteiger partial charge in [-0.25, -0.2) is 0 Å². The number of aliphatic hydroxyl groups is 2. The monoisotopic (exact) mass is 1100 g/mol. The fraction of sp³-hybridized carbons (Fsp3) is 0.576. The predicted molar refractivity (Wildman–Crippen MR) is 303 cm³/mol. The zero-order valence-electron chi connectivity index (χ0n) is 47.2. The minimum Gasteiger partial charge on any atom is -0.394 e. The number of fused-ring (bicyclic) bond motifs is 2. The molecule has 1 unspecified atom stereocenters. The molecule has 1 heterocycles. The summed E-state index contributed by atoms with van der Waals surface area (Å²) in [6.07, 6.45) is 4.31. The number of rotatable bonds is 23. The van der Waals surface area contributed by atoms with Crippen LogP contribution in [0.1, 0.15) is 132 Å². The molecule has 6 rings (SSSR count). The van der Waals surface area contributed by atoms with Gasteiger partial charge >= 0.3 is 0 Å². The maximum absolute atomic E-state index is 14.9. The van der Waals surface area contributed by atoms with E-state index in [0.717, 1.165) is 66.1 Å². The zero-order chi connectivity index (χ0) is 57.1. The highest BCUT2D eigenvalue weighted by Crippen LogP contribution is 2.37. The Labute approximate surface area is 465 Å². The van der Waals surface area contributed by atoms with Gasteiger partial charge in [0.25, 0.3) is 0 Å². The number of nitrogens with zero attached hydrogens (tertiary/aromatic N) is 2. The highest BCUT2D eigenvalue weighted by Gasteiger charge is 2.46. The van der Waals surface area contributed by atoms with Crippen LogP contribution >= 0.6 is 11.8 Å². The molecule has 0 saturated carbocycles. The van der Waals surface area contributed by atoms with E-state index < -0.39 is 76.8 Å². The number of amides is 7. The molecular formula is C59H85N9O9S. The molecule has 18 nitrogen and oxygen atoms in total. The topological polar surface area (TPSA) is 251 Å². The molecule has 1 aliphatic heterocycles. The second-order valence-electron chi connectivity index (χ2n) is 23.0. The minimum atomic E-state index is -1.23. The third-order valence-corrected chi connectivity index (χ3v) is 17.1. The Morgan fingerprint density at radius 3 is 1.79 bits per heavy atom. The smallest absolute Gasteiger partial charge is 0.246 e. The standard InChI is InChI=1S/C59H85N9O9S/c1-35(60-8)52(72)65-50(59(6,7)78-34-49(71)67(10)32-42(70)33-69)56(76)64-47(54(74)62-45-23-15-19-39-17-11-13-21-43(39)45)29-37-25-27-38(28-26-37)41-30-48(55(75)63-46-24-16-20-40-18-12-14-22-44(40)46)68(31-41)57(77)51(58(3,4)5)66-53(73)36(2)61-9/h11-14,17-18,21-22,25-28,35-36,41-42,45-48,50-51,60-61,69-70H,15-16,19-20,23-24,29-34H2,1-10H3,(H,62,74)(H,63,75)(H,64,76)(H,65,72)(H,66,73)/t35-,36-,41-,42+,45+,46+,47-,48-,50+,51?/m0/s1. The van der Waals surface area contributed by atoms with E-state index in [4.69, 9.17) is 0 Å². The van der Waals surface area contributed by atoms with Crippen LogP contribution in [0.25, 0.3) is 0 Å². The average molecular weight is 1100 g/mol. The van der Waals surface area contributed by atoms with Crippen LogP contribution in [0.15, 0.2) is 72.8 Å². The Bertz CT molecular complexity index is 2590. The summed E-state index contributed by atoms with van der Waals surface area (Å²) in [5.74, 6) is -3.21. The first-order valence-corrected chi connectivity index (χ1v) is 28.5. The van der Waals surface area contributed by atoms with Crippen LogP contribution in [0.2, 0.25) is 0 Å². The summed E-state index contributed by atoms with van der Waals surface area (Å²) in [5.41, 5.74) is 5.31. The van der Waals surface area contributed by atoms with Crippen LogP contribution in [-0.2, 0) is 52.8 Å². The molecular weight excluding hydrogens is 1010 g/mol. The molecule has 10 atom stereocenters. The van der Waals surface area contributed by atoms with Crippen molar-refractivity contribution >= 4 is 53.1 Å². The lowest BCUT2D eigenvalue weighted by molar-refractivity contribution is -0.144. The van der Waals surface area contributed by atoms with Crippen LogP contribution in [-0.4, -0.2) is 155 Å². The van der Waals surface area contributed by atoms with Crippen LogP contribution in [0, 0.1) is 5.41 Å². The van der Waals surface area contributed by atoms with E-state index in [9.17, 15) is 43.8 Å². The van der Waals surface area contributed by atoms with E-state index >= 15 is 0 Å². The first-order valence-electron chi connectivity index (χ1n) is 27.5. The van der Waals surface area contributed by atoms with Crippen molar-refractivity contribution in [1.82, 2.24) is 47.0 Å². The maximum atomic E-state index is 14.9. The first kappa shape index (κ1) is 61.4. The fourth-order valence-corrected chi connectivity index (χ4v) is 11.7. The number of hydrogen-bond donors (Lipinski definition) is 9. The molecule has 3 aromatic rings. The molecule has 426 valence electrons. The summed E-state index contributed by atoms with van der Waals surface area (Å²) in [5, 5.41) is 40.6. The second kappa shape index (κ2) is 27.3. The highest BCUT2D eigenvalue weighted by atomic mass is 32.2. The lowest BCUT2D eigenvalue weighted by Crippen LogP contribution is -2.62. The van der Waals surface area contributed by atoms with Gasteiger partial charge in [-0.1, -0.05) is 93.6 Å². The van der Waals surface area contributed by atoms with Crippen molar-refractivity contribution in [3.63, 3.8) is 0 Å². The molecule has 1 saturated heterocycles. The van der Waals surface area contributed by atoms with Crippen LogP contribution in [0.4, 0.5) is 0 Å². The van der Waals surface area contributed by atoms with Crippen molar-refractivity contribution in [3.05, 3.63) is 106 Å². The van der Waals surface area contributed by atoms with Crippen molar-refractivity contribution in [2.75, 3.05) is 46.6 Å². The number of carbonyl (C=O) groups is 7. The number of hydrogen-bond acceptors (Lipinski definition) is 12. The predicted octanol–water partition coefficient (Wildman–Crippen LogP) is 3.34. The van der Waals surface area contributed by atoms with E-state index in [-0.39, 0.29) is 66.9 Å². The second-order valence-corrected chi connectivity index (χ2v) is 24.7. The molecule has 7 amide bonds. The van der Waals surface area contributed by atoms with Gasteiger partial charge in [-0.3, -0.25) is 33.6 Å². The van der Waals surface area contributed by atoms with Gasteiger partial charge in [0.05, 0.1) is 42.6 Å². The summed E-state index contributed by atoms with van der Waals surface area (Å²) < 4.78 is -1.11. The molecule has 3 aromatic carbocycles. The Hall–Kier alpha value is -5.86. The third kappa shape index (κ3) is 15.7. The van der Waals surface area contributed by atoms with E-state index in [0.29, 0.717) is 18.4 Å². The van der Waals surface area contributed by atoms with Gasteiger partial charge in [-0.2, -0.15) is 0 Å². The number of aryl methyl sites for hydroxylation is 2. The number of carbonyl (C=O) groups excluding carboxylic acids is 7. The number of nitrogens with one attached hydrogen (secondary N) is 7. The lowest BCUT2D eigenvalue weighted by atomic mass is 9.85. The molecule has 3 aliphatic rings. The van der Waals surface area contributed by atoms with Gasteiger partial charge in [0, 0.05) is 37.2 Å². The number of thioether (sulfide) groups is 1. The quantitative estimate of drug-likeness (QED) is 0.0664. The maximum Gasteiger partial charge on any atom is 0.246 e. The summed E-state index contributed by atoms with van der Waals surface area (Å²) in [4.78, 5) is 102. The van der Waals surface area contributed by atoms with Gasteiger partial charge in [-0.15, -0.1) is 11.8 Å². The number of likely N-dealkylation sites (N-methyl/N-ethyl adjacent to an activating group) is 3. The third-order valence-electron chi connectivity index (χ3n) is 15.8. The van der Waals surface area contributed by atoms with E-state index in [1.54, 1.807) is 46.7 Å². The van der Waals surface area contributed by atoms with Gasteiger partial charge in [-0.05, 0) is 126 Å². The Morgan fingerprint density at radius 2 is 1.26 bits per heavy atom. The summed E-state index contributed by atoms with van der Waals surface area (Å²) in [6, 6.07) is 17.8. The van der Waals surface area contributed by atoms with E-state index in [2.05, 4.69) is 49.4 Å². The summed E-state index contributed by atoms with van der Waals surface area (Å²) >= 11 is 1.14. The van der Waals surface area contributed by atoms with Crippen molar-refractivity contribution in [2.45, 2.75) is 165 Å². The first-order chi connectivity index (χ1) is 37.0. The van der Waals surface area contributed by atoms with Crippen LogP contribution < -0.4 is 37.2 Å². The largest absolute Gasteiger partial charge is 0.394 e. The molecule has 0 aromatic heterocycles. The number of aliphatic hydroxyl groups excluding tert-OH is 2. The Kier molecular flexibility index (Phi) is 21.5. The van der Waals surface area contributed by atoms with E-state index in [1.165, 1.54) is 17.5 Å². The lowest BCUT2D eigenvalue weighted by Gasteiger charge is -2.36. The van der Waals surface area contributed by atoms with Crippen LogP contribution in [0.5, 0.6) is 0 Å². The zero-order valence-corrected chi connectivity index (χ0v) is 48.1. The highest BCUT2D eigenvalue weighted by molar-refractivity contribution is 8.01. The van der Waals surface area contributed by atoms with Crippen molar-refractivity contribution < 1.29 is 43.8 Å². The molecule has 0 spiro atoms. The summed E-state index contributed by atoms with van der Waals surface area (Å²) in [7, 11) is 4.80. The van der Waals surface area contributed by atoms with Gasteiger partial charge in [0.2, 0.25) is 41.4 Å². The molecule has 78 heavy (non-hydrogen) atoms. The van der Waals surface area contributed by atoms with Gasteiger partial charge < -0.3 is 57.2 Å². The molecule has 19 heteroatoms. The molecule has 0 radical (unpaired) electrons. The van der Waals surface area contributed by atoms with Gasteiger partial charge in [0.1, 0.15) is 24.2 Å². The molecule has 0 bridgehead atoms. The van der Waals surface area contributed by atoms with Crippen LogP contribution in [0.3, 0.4) is 0 Å². The normalized spacial score (nSPS) is 20.5. The summed E-state index contributed by atoms with van der Waals surface area (Å²) in [6.45, 7) is 12.1. The Balaban J connectivity index is 1.29. The molecule has 2 aliphatic carbocycles. The molecule has 9 N–H and O–H groups in total. The van der Waals surface area contributed by atoms with Crippen molar-refractivity contribution in [2.24, 2.45) is 5.41 Å². The molecule has 1 fully saturated rings. The van der Waals surface area contributed by atoms with Crippen molar-refractivity contribution in [1.29, 1.82) is 0 Å². The van der Waals surface area contributed by atoms with Gasteiger partial charge in [0.15, 0.2) is 0 Å². The SMILES string of the molecule is CN[C@@H](C)C(=O)NC(C(=O)N1C[C@@H](c2ccc(C[C@H](NC(=O)[C@@H](NC(=O)[C@H](C)NC)C(C)(C)SCC(=O)N(C)C[C@@H](O)CO)C(=O)N[C@@H]3CCCc4ccccc43)cc2)C[C@H]1C(=O)N[C@@H]1CCCc2ccccc21)C(C)(C)C. The average Bonchev–Trinajstić information content (AvgIpc) is 3.91. The van der Waals surface area contributed by atoms with E-state index in [1.807, 2.05) is 81.4 Å². The Morgan fingerprint density at radius 1 is 0.718 bits per heavy atom. The number of benzene rings is 3. The van der Waals surface area contributed by atoms with Crippen molar-refractivity contribution in [3.8, 4) is 0 Å². The fourth-order valence-electron chi connectivity index (χ4n) is 10.6.